The van der Waals surface area contributed by atoms with Crippen LogP contribution in [0.2, 0.25) is 0 Å². The fourth-order valence-electron chi connectivity index (χ4n) is 6.71. The zero-order valence-corrected chi connectivity index (χ0v) is 32.8. The Balaban J connectivity index is 1.39. The monoisotopic (exact) mass is 763 g/mol. The molecule has 0 saturated carbocycles. The average molecular weight is 764 g/mol. The van der Waals surface area contributed by atoms with Gasteiger partial charge >= 0.3 is 6.09 Å². The smallest absolute Gasteiger partial charge is 0.413 e. The predicted molar refractivity (Wildman–Crippen MR) is 211 cm³/mol. The number of nitrogens with zero attached hydrogens (tertiary/aromatic N) is 1. The number of amides is 1. The molecular formula is C46H53NO9. The molecule has 1 amide bonds. The molecule has 0 radical (unpaired) electrons. The van der Waals surface area contributed by atoms with Crippen LogP contribution in [0.1, 0.15) is 56.9 Å². The Morgan fingerprint density at radius 3 is 1.70 bits per heavy atom. The summed E-state index contributed by atoms with van der Waals surface area (Å²) in [6.45, 7) is 9.94. The summed E-state index contributed by atoms with van der Waals surface area (Å²) in [7, 11) is 0. The average Bonchev–Trinajstić information content (AvgIpc) is 3.50. The first-order valence-corrected chi connectivity index (χ1v) is 19.1. The van der Waals surface area contributed by atoms with E-state index in [1.807, 2.05) is 121 Å². The second-order valence-electron chi connectivity index (χ2n) is 15.5. The van der Waals surface area contributed by atoms with Gasteiger partial charge in [0.15, 0.2) is 6.10 Å². The minimum atomic E-state index is -2.25. The van der Waals surface area contributed by atoms with Crippen LogP contribution >= 0.6 is 0 Å². The molecule has 4 aromatic carbocycles. The number of hydrogen-bond donors (Lipinski definition) is 1. The quantitative estimate of drug-likeness (QED) is 0.139. The van der Waals surface area contributed by atoms with Crippen LogP contribution in [0.5, 0.6) is 0 Å². The standard InChI is InChI=1S/C46H53NO9/c1-44(2,3)56-43(48)47-38(32-54-45(47,4)5)26-27-46(49)42(53-31-37-24-16-9-17-25-37)41(52-30-36-22-14-8-15-23-36)40(51-29-35-20-12-7-13-21-35)39(55-46)33-50-28-34-18-10-6-11-19-34/h6-25,38-42,49H,28-33H2,1-5H3/t38-,39+,40-,41-,42+,46?/m0/s1. The number of hydrogen-bond acceptors (Lipinski definition) is 9. The van der Waals surface area contributed by atoms with Gasteiger partial charge in [0, 0.05) is 0 Å². The summed E-state index contributed by atoms with van der Waals surface area (Å²) in [5.41, 5.74) is 1.96. The summed E-state index contributed by atoms with van der Waals surface area (Å²) in [6.07, 6.45) is -4.31. The molecule has 1 unspecified atom stereocenters. The number of carbonyl (C=O) groups is 1. The number of carbonyl (C=O) groups excluding carboxylic acids is 1. The summed E-state index contributed by atoms with van der Waals surface area (Å²) >= 11 is 0. The van der Waals surface area contributed by atoms with E-state index >= 15 is 0 Å². The van der Waals surface area contributed by atoms with E-state index in [0.717, 1.165) is 22.3 Å². The van der Waals surface area contributed by atoms with Crippen molar-refractivity contribution in [3.05, 3.63) is 144 Å². The Kier molecular flexibility index (Phi) is 13.6. The Morgan fingerprint density at radius 1 is 0.732 bits per heavy atom. The third-order valence-electron chi connectivity index (χ3n) is 9.44. The van der Waals surface area contributed by atoms with Gasteiger partial charge in [-0.25, -0.2) is 4.79 Å². The lowest BCUT2D eigenvalue weighted by atomic mass is 9.91. The van der Waals surface area contributed by atoms with Crippen LogP contribution < -0.4 is 0 Å². The van der Waals surface area contributed by atoms with E-state index in [-0.39, 0.29) is 33.0 Å². The van der Waals surface area contributed by atoms with Crippen LogP contribution in [0.15, 0.2) is 121 Å². The van der Waals surface area contributed by atoms with E-state index in [0.29, 0.717) is 6.61 Å². The normalized spacial score (nSPS) is 24.6. The molecule has 2 saturated heterocycles. The Morgan fingerprint density at radius 2 is 1.20 bits per heavy atom. The lowest BCUT2D eigenvalue weighted by Crippen LogP contribution is -2.66. The first-order chi connectivity index (χ1) is 26.9. The molecule has 0 aromatic heterocycles. The minimum absolute atomic E-state index is 0.0402. The van der Waals surface area contributed by atoms with Crippen molar-refractivity contribution in [1.82, 2.24) is 4.90 Å². The summed E-state index contributed by atoms with van der Waals surface area (Å²) in [4.78, 5) is 15.0. The van der Waals surface area contributed by atoms with Gasteiger partial charge in [0.05, 0.1) is 39.6 Å². The molecule has 296 valence electrons. The molecule has 6 atom stereocenters. The Labute approximate surface area is 330 Å². The van der Waals surface area contributed by atoms with E-state index in [9.17, 15) is 9.90 Å². The van der Waals surface area contributed by atoms with Crippen LogP contribution in [0.3, 0.4) is 0 Å². The fourth-order valence-corrected chi connectivity index (χ4v) is 6.71. The van der Waals surface area contributed by atoms with Crippen molar-refractivity contribution in [2.45, 2.75) is 109 Å². The van der Waals surface area contributed by atoms with Crippen LogP contribution in [0.25, 0.3) is 0 Å². The van der Waals surface area contributed by atoms with E-state index in [1.54, 1.807) is 34.6 Å². The highest BCUT2D eigenvalue weighted by atomic mass is 16.7. The highest BCUT2D eigenvalue weighted by Gasteiger charge is 2.56. The van der Waals surface area contributed by atoms with E-state index in [2.05, 4.69) is 11.8 Å². The maximum absolute atomic E-state index is 13.5. The topological polar surface area (TPSA) is 105 Å². The highest BCUT2D eigenvalue weighted by Crippen LogP contribution is 2.36. The fraction of sp³-hybridized carbons (Fsp3) is 0.413. The zero-order valence-electron chi connectivity index (χ0n) is 32.8. The van der Waals surface area contributed by atoms with Crippen molar-refractivity contribution < 1.29 is 43.1 Å². The van der Waals surface area contributed by atoms with Crippen LogP contribution in [0, 0.1) is 11.8 Å². The van der Waals surface area contributed by atoms with Gasteiger partial charge in [-0.1, -0.05) is 127 Å². The predicted octanol–water partition coefficient (Wildman–Crippen LogP) is 7.42. The lowest BCUT2D eigenvalue weighted by molar-refractivity contribution is -0.347. The first-order valence-electron chi connectivity index (χ1n) is 19.1. The molecule has 56 heavy (non-hydrogen) atoms. The van der Waals surface area contributed by atoms with Crippen LogP contribution in [0.4, 0.5) is 4.79 Å². The van der Waals surface area contributed by atoms with E-state index in [4.69, 9.17) is 33.2 Å². The molecule has 2 aliphatic heterocycles. The number of rotatable bonds is 13. The van der Waals surface area contributed by atoms with E-state index in [1.165, 1.54) is 4.90 Å². The molecule has 10 nitrogen and oxygen atoms in total. The summed E-state index contributed by atoms with van der Waals surface area (Å²) < 4.78 is 44.8. The van der Waals surface area contributed by atoms with Crippen molar-refractivity contribution in [2.24, 2.45) is 0 Å². The summed E-state index contributed by atoms with van der Waals surface area (Å²) in [5.74, 6) is 3.88. The maximum Gasteiger partial charge on any atom is 0.413 e. The first kappa shape index (κ1) is 41.1. The molecule has 0 aliphatic carbocycles. The number of aliphatic hydroxyl groups is 1. The SMILES string of the molecule is CC(C)(C)OC(=O)N1[C@@H](C#CC2(O)O[C@H](COCc3ccccc3)[C@H](OCc3ccccc3)[C@H](OCc3ccccc3)[C@H]2OCc2ccccc2)COC1(C)C. The van der Waals surface area contributed by atoms with Crippen molar-refractivity contribution in [1.29, 1.82) is 0 Å². The molecule has 2 heterocycles. The molecule has 0 bridgehead atoms. The highest BCUT2D eigenvalue weighted by molar-refractivity contribution is 5.70. The van der Waals surface area contributed by atoms with Gasteiger partial charge in [0.25, 0.3) is 5.79 Å². The van der Waals surface area contributed by atoms with Crippen molar-refractivity contribution in [3.63, 3.8) is 0 Å². The number of benzene rings is 4. The van der Waals surface area contributed by atoms with Gasteiger partial charge in [-0.15, -0.1) is 0 Å². The largest absolute Gasteiger partial charge is 0.444 e. The minimum Gasteiger partial charge on any atom is -0.444 e. The summed E-state index contributed by atoms with van der Waals surface area (Å²) in [5, 5.41) is 12.8. The third kappa shape index (κ3) is 11.1. The summed E-state index contributed by atoms with van der Waals surface area (Å²) in [6, 6.07) is 38.3. The van der Waals surface area contributed by atoms with Gasteiger partial charge in [-0.3, -0.25) is 4.90 Å². The molecule has 1 N–H and O–H groups in total. The second kappa shape index (κ2) is 18.6. The molecular weight excluding hydrogens is 711 g/mol. The van der Waals surface area contributed by atoms with Crippen molar-refractivity contribution >= 4 is 6.09 Å². The second-order valence-corrected chi connectivity index (χ2v) is 15.5. The van der Waals surface area contributed by atoms with Gasteiger partial charge in [-0.05, 0) is 62.8 Å². The molecule has 4 aromatic rings. The lowest BCUT2D eigenvalue weighted by Gasteiger charge is -2.48. The number of ether oxygens (including phenoxy) is 7. The van der Waals surface area contributed by atoms with Gasteiger partial charge in [-0.2, -0.15) is 0 Å². The zero-order chi connectivity index (χ0) is 39.6. The van der Waals surface area contributed by atoms with Crippen LogP contribution in [-0.4, -0.2) is 76.9 Å². The van der Waals surface area contributed by atoms with Crippen LogP contribution in [-0.2, 0) is 59.6 Å². The van der Waals surface area contributed by atoms with E-state index < -0.39 is 53.7 Å². The maximum atomic E-state index is 13.5. The molecule has 2 fully saturated rings. The van der Waals surface area contributed by atoms with Gasteiger partial charge in [0.1, 0.15) is 35.7 Å². The van der Waals surface area contributed by atoms with Crippen molar-refractivity contribution in [3.8, 4) is 11.8 Å². The Bertz CT molecular complexity index is 1880. The third-order valence-corrected chi connectivity index (χ3v) is 9.44. The van der Waals surface area contributed by atoms with Gasteiger partial charge in [0.2, 0.25) is 0 Å². The molecule has 0 spiro atoms. The molecule has 10 heteroatoms. The van der Waals surface area contributed by atoms with Crippen molar-refractivity contribution in [2.75, 3.05) is 13.2 Å². The molecule has 6 rings (SSSR count). The Hall–Kier alpha value is -4.57. The molecule has 2 aliphatic rings. The van der Waals surface area contributed by atoms with Gasteiger partial charge < -0.3 is 38.3 Å².